The highest BCUT2D eigenvalue weighted by atomic mass is 35.5. The van der Waals surface area contributed by atoms with Crippen molar-refractivity contribution in [1.29, 1.82) is 0 Å². The lowest BCUT2D eigenvalue weighted by atomic mass is 10.1. The van der Waals surface area contributed by atoms with Gasteiger partial charge in [0, 0.05) is 36.4 Å². The van der Waals surface area contributed by atoms with Crippen molar-refractivity contribution in [3.05, 3.63) is 58.7 Å². The first kappa shape index (κ1) is 13.8. The number of hydrogen-bond donors (Lipinski definition) is 1. The Bertz CT molecular complexity index is 555. The lowest BCUT2D eigenvalue weighted by Crippen LogP contribution is -2.21. The third-order valence-electron chi connectivity index (χ3n) is 2.98. The van der Waals surface area contributed by atoms with Gasteiger partial charge in [-0.05, 0) is 30.7 Å². The van der Waals surface area contributed by atoms with Crippen LogP contribution in [0.1, 0.15) is 24.1 Å². The zero-order valence-electron chi connectivity index (χ0n) is 11.2. The Morgan fingerprint density at radius 3 is 2.79 bits per heavy atom. The molecule has 0 aliphatic carbocycles. The fourth-order valence-corrected chi connectivity index (χ4v) is 2.28. The van der Waals surface area contributed by atoms with Crippen LogP contribution in [0.3, 0.4) is 0 Å². The highest BCUT2D eigenvalue weighted by Gasteiger charge is 2.12. The summed E-state index contributed by atoms with van der Waals surface area (Å²) >= 11 is 6.00. The van der Waals surface area contributed by atoms with Crippen LogP contribution in [0, 0.1) is 0 Å². The van der Waals surface area contributed by atoms with Crippen molar-refractivity contribution < 1.29 is 0 Å². The van der Waals surface area contributed by atoms with E-state index >= 15 is 0 Å². The fraction of sp³-hybridized carbons (Fsp3) is 0.267. The Balaban J connectivity index is 2.23. The number of aromatic nitrogens is 1. The maximum atomic E-state index is 6.00. The van der Waals surface area contributed by atoms with E-state index in [0.717, 1.165) is 28.5 Å². The molecule has 1 heterocycles. The van der Waals surface area contributed by atoms with Gasteiger partial charge in [-0.1, -0.05) is 29.8 Å². The van der Waals surface area contributed by atoms with Gasteiger partial charge in [0.25, 0.3) is 0 Å². The molecule has 0 aliphatic heterocycles. The van der Waals surface area contributed by atoms with Crippen LogP contribution in [-0.2, 0) is 6.54 Å². The number of halogens is 1. The van der Waals surface area contributed by atoms with E-state index in [-0.39, 0.29) is 6.04 Å². The lowest BCUT2D eigenvalue weighted by molar-refractivity contribution is 0.788. The number of anilines is 1. The van der Waals surface area contributed by atoms with E-state index in [1.807, 2.05) is 44.3 Å². The number of nitrogens with two attached hydrogens (primary N) is 1. The number of hydrogen-bond acceptors (Lipinski definition) is 3. The molecule has 1 atom stereocenters. The minimum atomic E-state index is -0.0366. The van der Waals surface area contributed by atoms with Gasteiger partial charge in [0.05, 0.1) is 0 Å². The van der Waals surface area contributed by atoms with Crippen molar-refractivity contribution in [2.75, 3.05) is 11.9 Å². The van der Waals surface area contributed by atoms with Gasteiger partial charge in [-0.3, -0.25) is 0 Å². The standard InChI is InChI=1S/C15H18ClN3/c1-11(17)14-7-4-8-18-15(14)19(2)10-12-5-3-6-13(16)9-12/h3-9,11H,10,17H2,1-2H3/t11-/m1/s1. The molecule has 0 saturated heterocycles. The summed E-state index contributed by atoms with van der Waals surface area (Å²) in [6.45, 7) is 2.71. The molecule has 0 aliphatic rings. The second-order valence-corrected chi connectivity index (χ2v) is 5.13. The molecule has 3 nitrogen and oxygen atoms in total. The van der Waals surface area contributed by atoms with Gasteiger partial charge in [-0.2, -0.15) is 0 Å². The summed E-state index contributed by atoms with van der Waals surface area (Å²) in [5.74, 6) is 0.914. The van der Waals surface area contributed by atoms with Crippen LogP contribution in [0.5, 0.6) is 0 Å². The van der Waals surface area contributed by atoms with Crippen molar-refractivity contribution in [2.45, 2.75) is 19.5 Å². The molecular weight excluding hydrogens is 258 g/mol. The van der Waals surface area contributed by atoms with E-state index in [2.05, 4.69) is 16.0 Å². The molecule has 19 heavy (non-hydrogen) atoms. The minimum absolute atomic E-state index is 0.0366. The number of pyridine rings is 1. The van der Waals surface area contributed by atoms with Crippen molar-refractivity contribution in [3.63, 3.8) is 0 Å². The van der Waals surface area contributed by atoms with Gasteiger partial charge in [-0.25, -0.2) is 4.98 Å². The second-order valence-electron chi connectivity index (χ2n) is 4.69. The Morgan fingerprint density at radius 2 is 2.11 bits per heavy atom. The van der Waals surface area contributed by atoms with Crippen LogP contribution in [0.25, 0.3) is 0 Å². The third kappa shape index (κ3) is 3.46. The van der Waals surface area contributed by atoms with E-state index in [1.165, 1.54) is 0 Å². The van der Waals surface area contributed by atoms with Crippen LogP contribution in [0.2, 0.25) is 5.02 Å². The highest BCUT2D eigenvalue weighted by molar-refractivity contribution is 6.30. The largest absolute Gasteiger partial charge is 0.355 e. The Hall–Kier alpha value is -1.58. The molecule has 0 radical (unpaired) electrons. The summed E-state index contributed by atoms with van der Waals surface area (Å²) in [6, 6.07) is 11.7. The van der Waals surface area contributed by atoms with Crippen LogP contribution in [0.4, 0.5) is 5.82 Å². The molecule has 0 fully saturated rings. The molecule has 4 heteroatoms. The zero-order valence-corrected chi connectivity index (χ0v) is 11.9. The van der Waals surface area contributed by atoms with Crippen LogP contribution >= 0.6 is 11.6 Å². The van der Waals surface area contributed by atoms with Gasteiger partial charge in [0.2, 0.25) is 0 Å². The number of nitrogens with zero attached hydrogens (tertiary/aromatic N) is 2. The topological polar surface area (TPSA) is 42.1 Å². The molecule has 2 N–H and O–H groups in total. The van der Waals surface area contributed by atoms with Gasteiger partial charge in [0.1, 0.15) is 5.82 Å². The normalized spacial score (nSPS) is 12.2. The van der Waals surface area contributed by atoms with E-state index in [1.54, 1.807) is 6.20 Å². The summed E-state index contributed by atoms with van der Waals surface area (Å²) < 4.78 is 0. The first-order valence-corrected chi connectivity index (χ1v) is 6.62. The highest BCUT2D eigenvalue weighted by Crippen LogP contribution is 2.23. The summed E-state index contributed by atoms with van der Waals surface area (Å²) in [5, 5.41) is 0.749. The Labute approximate surface area is 119 Å². The molecule has 0 unspecified atom stereocenters. The maximum absolute atomic E-state index is 6.00. The molecule has 0 bridgehead atoms. The van der Waals surface area contributed by atoms with Crippen LogP contribution in [0.15, 0.2) is 42.6 Å². The summed E-state index contributed by atoms with van der Waals surface area (Å²) in [5.41, 5.74) is 8.18. The Kier molecular flexibility index (Phi) is 4.40. The number of rotatable bonds is 4. The van der Waals surface area contributed by atoms with Crippen molar-refractivity contribution in [2.24, 2.45) is 5.73 Å². The molecule has 0 spiro atoms. The summed E-state index contributed by atoms with van der Waals surface area (Å²) in [6.07, 6.45) is 1.79. The zero-order chi connectivity index (χ0) is 13.8. The van der Waals surface area contributed by atoms with Crippen molar-refractivity contribution in [3.8, 4) is 0 Å². The van der Waals surface area contributed by atoms with Crippen LogP contribution in [-0.4, -0.2) is 12.0 Å². The molecule has 1 aromatic heterocycles. The molecular formula is C15H18ClN3. The molecule has 100 valence electrons. The number of benzene rings is 1. The summed E-state index contributed by atoms with van der Waals surface area (Å²) in [4.78, 5) is 6.52. The van der Waals surface area contributed by atoms with Gasteiger partial charge < -0.3 is 10.6 Å². The molecule has 0 amide bonds. The van der Waals surface area contributed by atoms with Crippen molar-refractivity contribution >= 4 is 17.4 Å². The van der Waals surface area contributed by atoms with E-state index in [4.69, 9.17) is 17.3 Å². The lowest BCUT2D eigenvalue weighted by Gasteiger charge is -2.22. The van der Waals surface area contributed by atoms with Gasteiger partial charge in [0.15, 0.2) is 0 Å². The van der Waals surface area contributed by atoms with Crippen LogP contribution < -0.4 is 10.6 Å². The Morgan fingerprint density at radius 1 is 1.32 bits per heavy atom. The molecule has 2 rings (SSSR count). The minimum Gasteiger partial charge on any atom is -0.355 e. The smallest absolute Gasteiger partial charge is 0.133 e. The predicted octanol–water partition coefficient (Wildman–Crippen LogP) is 3.39. The van der Waals surface area contributed by atoms with Gasteiger partial charge >= 0.3 is 0 Å². The second kappa shape index (κ2) is 6.04. The maximum Gasteiger partial charge on any atom is 0.133 e. The average Bonchev–Trinajstić information content (AvgIpc) is 2.38. The molecule has 0 saturated carbocycles. The summed E-state index contributed by atoms with van der Waals surface area (Å²) in [7, 11) is 2.01. The third-order valence-corrected chi connectivity index (χ3v) is 3.21. The fourth-order valence-electron chi connectivity index (χ4n) is 2.07. The van der Waals surface area contributed by atoms with E-state index < -0.39 is 0 Å². The van der Waals surface area contributed by atoms with E-state index in [9.17, 15) is 0 Å². The first-order valence-electron chi connectivity index (χ1n) is 6.24. The molecule has 2 aromatic rings. The predicted molar refractivity (Wildman–Crippen MR) is 80.4 cm³/mol. The quantitative estimate of drug-likeness (QED) is 0.930. The monoisotopic (exact) mass is 275 g/mol. The SMILES string of the molecule is C[C@@H](N)c1cccnc1N(C)Cc1cccc(Cl)c1. The average molecular weight is 276 g/mol. The van der Waals surface area contributed by atoms with E-state index in [0.29, 0.717) is 0 Å². The molecule has 1 aromatic carbocycles. The van der Waals surface area contributed by atoms with Crippen molar-refractivity contribution in [1.82, 2.24) is 4.98 Å². The first-order chi connectivity index (χ1) is 9.08. The van der Waals surface area contributed by atoms with Gasteiger partial charge in [-0.15, -0.1) is 0 Å².